The van der Waals surface area contributed by atoms with Crippen LogP contribution in [-0.4, -0.2) is 28.7 Å². The van der Waals surface area contributed by atoms with E-state index in [-0.39, 0.29) is 30.5 Å². The number of rotatable bonds is 1. The Balaban J connectivity index is 1.97. The van der Waals surface area contributed by atoms with E-state index in [4.69, 9.17) is 0 Å². The molecule has 0 spiro atoms. The topological polar surface area (TPSA) is 66.5 Å². The van der Waals surface area contributed by atoms with Gasteiger partial charge in [0.1, 0.15) is 6.04 Å². The number of nitrogens with one attached hydrogen (secondary N) is 1. The molecule has 1 atom stereocenters. The maximum absolute atomic E-state index is 13.8. The Morgan fingerprint density at radius 3 is 2.67 bits per heavy atom. The zero-order valence-electron chi connectivity index (χ0n) is 11.2. The van der Waals surface area contributed by atoms with Crippen LogP contribution >= 0.6 is 0 Å². The number of nitrogens with zero attached hydrogens (tertiary/aromatic N) is 1. The van der Waals surface area contributed by atoms with Gasteiger partial charge in [0.25, 0.3) is 5.91 Å². The van der Waals surface area contributed by atoms with Crippen LogP contribution in [0.5, 0.6) is 0 Å². The molecule has 0 radical (unpaired) electrons. The Bertz CT molecular complexity index is 687. The van der Waals surface area contributed by atoms with Crippen LogP contribution in [0.15, 0.2) is 6.07 Å². The maximum atomic E-state index is 13.8. The van der Waals surface area contributed by atoms with Crippen LogP contribution < -0.4 is 5.32 Å². The van der Waals surface area contributed by atoms with Gasteiger partial charge >= 0.3 is 0 Å². The first kappa shape index (κ1) is 13.7. The molecule has 2 aliphatic heterocycles. The van der Waals surface area contributed by atoms with Crippen molar-refractivity contribution in [3.8, 4) is 0 Å². The molecule has 2 heterocycles. The van der Waals surface area contributed by atoms with Gasteiger partial charge < -0.3 is 4.90 Å². The number of carbonyl (C=O) groups is 3. The predicted octanol–water partition coefficient (Wildman–Crippen LogP) is 1.03. The van der Waals surface area contributed by atoms with Gasteiger partial charge in [0, 0.05) is 12.0 Å². The molecule has 1 fully saturated rings. The van der Waals surface area contributed by atoms with Gasteiger partial charge in [-0.25, -0.2) is 8.78 Å². The molecule has 1 N–H and O–H groups in total. The van der Waals surface area contributed by atoms with E-state index in [1.54, 1.807) is 0 Å². The zero-order chi connectivity index (χ0) is 15.3. The lowest BCUT2D eigenvalue weighted by Gasteiger charge is -2.29. The highest BCUT2D eigenvalue weighted by Crippen LogP contribution is 2.32. The zero-order valence-corrected chi connectivity index (χ0v) is 11.2. The molecule has 1 saturated heterocycles. The third kappa shape index (κ3) is 2.00. The molecule has 21 heavy (non-hydrogen) atoms. The highest BCUT2D eigenvalue weighted by Gasteiger charge is 2.41. The van der Waals surface area contributed by atoms with Crippen LogP contribution in [0, 0.1) is 18.6 Å². The van der Waals surface area contributed by atoms with Crippen LogP contribution in [0.2, 0.25) is 0 Å². The Kier molecular flexibility index (Phi) is 3.00. The Labute approximate surface area is 118 Å². The van der Waals surface area contributed by atoms with Gasteiger partial charge in [0.05, 0.1) is 12.1 Å². The molecule has 110 valence electrons. The highest BCUT2D eigenvalue weighted by molar-refractivity contribution is 6.05. The Morgan fingerprint density at radius 1 is 1.29 bits per heavy atom. The third-order valence-electron chi connectivity index (χ3n) is 3.90. The summed E-state index contributed by atoms with van der Waals surface area (Å²) in [5.74, 6) is -3.54. The number of hydrogen-bond acceptors (Lipinski definition) is 3. The van der Waals surface area contributed by atoms with Gasteiger partial charge in [-0.05, 0) is 25.0 Å². The molecule has 7 heteroatoms. The summed E-state index contributed by atoms with van der Waals surface area (Å²) in [6.07, 6.45) is 0.305. The van der Waals surface area contributed by atoms with Gasteiger partial charge in [-0.1, -0.05) is 0 Å². The molecule has 0 bridgehead atoms. The first-order valence-electron chi connectivity index (χ1n) is 6.52. The lowest BCUT2D eigenvalue weighted by atomic mass is 10.0. The molecule has 1 aromatic carbocycles. The van der Waals surface area contributed by atoms with E-state index in [2.05, 4.69) is 5.32 Å². The fraction of sp³-hybridized carbons (Fsp3) is 0.357. The summed E-state index contributed by atoms with van der Waals surface area (Å²) in [7, 11) is 0. The summed E-state index contributed by atoms with van der Waals surface area (Å²) >= 11 is 0. The van der Waals surface area contributed by atoms with Crippen molar-refractivity contribution >= 4 is 17.7 Å². The summed E-state index contributed by atoms with van der Waals surface area (Å²) in [5.41, 5.74) is 0.421. The fourth-order valence-electron chi connectivity index (χ4n) is 2.88. The fourth-order valence-corrected chi connectivity index (χ4v) is 2.88. The van der Waals surface area contributed by atoms with Crippen LogP contribution in [0.4, 0.5) is 8.78 Å². The SMILES string of the molecule is Cc1cc(F)c(F)c2c1C(=O)N([C@H]1CCC(=O)NC1=O)C2. The number of aryl methyl sites for hydroxylation is 1. The second kappa shape index (κ2) is 4.61. The average Bonchev–Trinajstić information content (AvgIpc) is 2.75. The van der Waals surface area contributed by atoms with Crippen molar-refractivity contribution in [3.63, 3.8) is 0 Å². The van der Waals surface area contributed by atoms with Crippen molar-refractivity contribution < 1.29 is 23.2 Å². The maximum Gasteiger partial charge on any atom is 0.255 e. The van der Waals surface area contributed by atoms with Gasteiger partial charge in [0.15, 0.2) is 11.6 Å². The lowest BCUT2D eigenvalue weighted by molar-refractivity contribution is -0.136. The average molecular weight is 294 g/mol. The minimum Gasteiger partial charge on any atom is -0.322 e. The van der Waals surface area contributed by atoms with Crippen LogP contribution in [0.25, 0.3) is 0 Å². The van der Waals surface area contributed by atoms with E-state index >= 15 is 0 Å². The minimum atomic E-state index is -1.06. The first-order chi connectivity index (χ1) is 9.90. The molecule has 2 aliphatic rings. The number of hydrogen-bond donors (Lipinski definition) is 1. The van der Waals surface area contributed by atoms with E-state index in [1.807, 2.05) is 0 Å². The van der Waals surface area contributed by atoms with Crippen molar-refractivity contribution in [2.75, 3.05) is 0 Å². The molecule has 0 aromatic heterocycles. The molecule has 0 unspecified atom stereocenters. The number of piperidine rings is 1. The van der Waals surface area contributed by atoms with E-state index < -0.39 is 35.4 Å². The summed E-state index contributed by atoms with van der Waals surface area (Å²) in [6, 6.07) is 0.143. The van der Waals surface area contributed by atoms with E-state index in [1.165, 1.54) is 11.8 Å². The minimum absolute atomic E-state index is 0.0257. The molecular formula is C14H12F2N2O3. The van der Waals surface area contributed by atoms with Gasteiger partial charge in [0.2, 0.25) is 11.8 Å². The van der Waals surface area contributed by atoms with Gasteiger partial charge in [-0.3, -0.25) is 19.7 Å². The molecule has 0 saturated carbocycles. The number of fused-ring (bicyclic) bond motifs is 1. The number of imide groups is 1. The molecule has 3 rings (SSSR count). The van der Waals surface area contributed by atoms with E-state index in [0.717, 1.165) is 6.07 Å². The Morgan fingerprint density at radius 2 is 2.00 bits per heavy atom. The van der Waals surface area contributed by atoms with Crippen molar-refractivity contribution in [1.82, 2.24) is 10.2 Å². The standard InChI is InChI=1S/C14H12F2N2O3/c1-6-4-8(15)12(16)7-5-18(14(21)11(6)7)9-2-3-10(19)17-13(9)20/h4,9H,2-3,5H2,1H3,(H,17,19,20)/t9-/m0/s1. The summed E-state index contributed by atoms with van der Waals surface area (Å²) in [6.45, 7) is 1.36. The molecule has 1 aromatic rings. The second-order valence-electron chi connectivity index (χ2n) is 5.24. The largest absolute Gasteiger partial charge is 0.322 e. The highest BCUT2D eigenvalue weighted by atomic mass is 19.2. The van der Waals surface area contributed by atoms with Crippen LogP contribution in [0.3, 0.4) is 0 Å². The number of halogens is 2. The molecule has 5 nitrogen and oxygen atoms in total. The van der Waals surface area contributed by atoms with Crippen molar-refractivity contribution in [2.45, 2.75) is 32.4 Å². The van der Waals surface area contributed by atoms with Crippen LogP contribution in [0.1, 0.15) is 34.3 Å². The second-order valence-corrected chi connectivity index (χ2v) is 5.24. The first-order valence-corrected chi connectivity index (χ1v) is 6.52. The number of amides is 3. The summed E-state index contributed by atoms with van der Waals surface area (Å²) in [4.78, 5) is 36.5. The summed E-state index contributed by atoms with van der Waals surface area (Å²) in [5, 5.41) is 2.15. The molecular weight excluding hydrogens is 282 g/mol. The quantitative estimate of drug-likeness (QED) is 0.787. The smallest absolute Gasteiger partial charge is 0.255 e. The predicted molar refractivity (Wildman–Crippen MR) is 67.1 cm³/mol. The molecule has 0 aliphatic carbocycles. The van der Waals surface area contributed by atoms with Crippen LogP contribution in [-0.2, 0) is 16.1 Å². The third-order valence-corrected chi connectivity index (χ3v) is 3.90. The number of carbonyl (C=O) groups excluding carboxylic acids is 3. The number of benzene rings is 1. The van der Waals surface area contributed by atoms with E-state index in [9.17, 15) is 23.2 Å². The normalized spacial score (nSPS) is 21.6. The van der Waals surface area contributed by atoms with Gasteiger partial charge in [-0.15, -0.1) is 0 Å². The monoisotopic (exact) mass is 294 g/mol. The molecule has 3 amide bonds. The van der Waals surface area contributed by atoms with Gasteiger partial charge in [-0.2, -0.15) is 0 Å². The summed E-state index contributed by atoms with van der Waals surface area (Å²) < 4.78 is 27.3. The van der Waals surface area contributed by atoms with E-state index in [0.29, 0.717) is 5.56 Å². The lowest BCUT2D eigenvalue weighted by Crippen LogP contribution is -2.52. The van der Waals surface area contributed by atoms with Crippen molar-refractivity contribution in [1.29, 1.82) is 0 Å². The Hall–Kier alpha value is -2.31. The van der Waals surface area contributed by atoms with Crippen molar-refractivity contribution in [2.24, 2.45) is 0 Å². The van der Waals surface area contributed by atoms with Crippen molar-refractivity contribution in [3.05, 3.63) is 34.4 Å².